The molecule has 0 spiro atoms. The van der Waals surface area contributed by atoms with Gasteiger partial charge in [0.05, 0.1) is 22.1 Å². The molecular weight excluding hydrogens is 392 g/mol. The van der Waals surface area contributed by atoms with Crippen molar-refractivity contribution in [2.75, 3.05) is 0 Å². The average Bonchev–Trinajstić information content (AvgIpc) is 2.86. The van der Waals surface area contributed by atoms with Gasteiger partial charge in [-0.25, -0.2) is 0 Å². The van der Waals surface area contributed by atoms with Gasteiger partial charge in [-0.05, 0) is 24.3 Å². The van der Waals surface area contributed by atoms with E-state index in [2.05, 4.69) is 120 Å². The molecule has 0 amide bonds. The van der Waals surface area contributed by atoms with E-state index in [9.17, 15) is 0 Å². The minimum absolute atomic E-state index is 0.899. The molecule has 0 aliphatic rings. The fourth-order valence-electron chi connectivity index (χ4n) is 4.73. The van der Waals surface area contributed by atoms with Gasteiger partial charge in [-0.1, -0.05) is 72.8 Å². The van der Waals surface area contributed by atoms with Crippen LogP contribution in [-0.4, -0.2) is 9.13 Å². The van der Waals surface area contributed by atoms with Gasteiger partial charge in [0.15, 0.2) is 0 Å². The first-order valence-electron chi connectivity index (χ1n) is 10.7. The summed E-state index contributed by atoms with van der Waals surface area (Å²) in [4.78, 5) is 0. The quantitative estimate of drug-likeness (QED) is 0.255. The first-order valence-corrected chi connectivity index (χ1v) is 10.7. The van der Waals surface area contributed by atoms with Crippen LogP contribution in [0.2, 0.25) is 0 Å². The summed E-state index contributed by atoms with van der Waals surface area (Å²) in [5, 5.41) is 16.0. The Morgan fingerprint density at radius 3 is 0.938 bits per heavy atom. The van der Waals surface area contributed by atoms with Crippen molar-refractivity contribution in [3.05, 3.63) is 108 Å². The smallest absolute Gasteiger partial charge is 0.104 e. The molecule has 2 aromatic heterocycles. The maximum absolute atomic E-state index is 4.91. The van der Waals surface area contributed by atoms with Gasteiger partial charge in [0.2, 0.25) is 0 Å². The molecule has 0 saturated carbocycles. The molecule has 0 N–H and O–H groups in total. The molecule has 0 aliphatic carbocycles. The number of hydrogen-bond acceptors (Lipinski definition) is 2. The van der Waals surface area contributed by atoms with Gasteiger partial charge in [0, 0.05) is 35.6 Å². The number of aryl methyl sites for hydroxylation is 2. The molecule has 4 aromatic carbocycles. The lowest BCUT2D eigenvalue weighted by molar-refractivity contribution is 0.991. The maximum atomic E-state index is 4.91. The Morgan fingerprint density at radius 1 is 0.406 bits per heavy atom. The fraction of sp³-hybridized carbons (Fsp3) is 0.0714. The van der Waals surface area contributed by atoms with Crippen molar-refractivity contribution >= 4 is 43.6 Å². The average molecular weight is 415 g/mol. The summed E-state index contributed by atoms with van der Waals surface area (Å²) >= 11 is 0. The van der Waals surface area contributed by atoms with Crippen LogP contribution < -0.4 is 10.7 Å². The van der Waals surface area contributed by atoms with Crippen molar-refractivity contribution in [1.82, 2.24) is 9.13 Å². The number of aromatic nitrogens is 2. The molecule has 0 fully saturated rings. The zero-order valence-corrected chi connectivity index (χ0v) is 18.0. The Morgan fingerprint density at radius 2 is 0.656 bits per heavy atom. The molecule has 2 heterocycles. The first-order chi connectivity index (χ1) is 15.7. The summed E-state index contributed by atoms with van der Waals surface area (Å²) < 4.78 is 4.44. The molecule has 0 saturated heterocycles. The summed E-state index contributed by atoms with van der Waals surface area (Å²) in [5.74, 6) is 0. The van der Waals surface area contributed by atoms with Crippen molar-refractivity contribution in [2.45, 2.75) is 0 Å². The van der Waals surface area contributed by atoms with Crippen molar-refractivity contribution in [3.8, 4) is 0 Å². The fourth-order valence-corrected chi connectivity index (χ4v) is 4.73. The highest BCUT2D eigenvalue weighted by Crippen LogP contribution is 2.19. The summed E-state index contributed by atoms with van der Waals surface area (Å²) in [6, 6.07) is 33.5. The Labute approximate surface area is 185 Å². The van der Waals surface area contributed by atoms with E-state index >= 15 is 0 Å². The lowest BCUT2D eigenvalue weighted by atomic mass is 10.1. The maximum Gasteiger partial charge on any atom is 0.104 e. The molecule has 0 aliphatic heterocycles. The molecule has 6 aromatic rings. The highest BCUT2D eigenvalue weighted by Gasteiger charge is 2.08. The molecule has 0 bridgehead atoms. The van der Waals surface area contributed by atoms with Crippen molar-refractivity contribution in [3.63, 3.8) is 0 Å². The SMILES string of the molecule is Cn1c2ccccc2c(=NN=c2c3ccccc3n(C)c3ccccc23)c2ccccc21. The summed E-state index contributed by atoms with van der Waals surface area (Å²) in [5.41, 5.74) is 4.53. The molecule has 4 heteroatoms. The predicted octanol–water partition coefficient (Wildman–Crippen LogP) is 5.39. The van der Waals surface area contributed by atoms with Crippen molar-refractivity contribution in [2.24, 2.45) is 24.3 Å². The van der Waals surface area contributed by atoms with Gasteiger partial charge in [-0.2, -0.15) is 0 Å². The highest BCUT2D eigenvalue weighted by molar-refractivity contribution is 5.94. The zero-order valence-electron chi connectivity index (χ0n) is 18.0. The van der Waals surface area contributed by atoms with Gasteiger partial charge in [0.25, 0.3) is 0 Å². The lowest BCUT2D eigenvalue weighted by Crippen LogP contribution is -2.13. The standard InChI is InChI=1S/C28H22N4/c1-31-23-15-7-3-11-19(23)27(20-12-4-8-16-24(20)31)29-30-28-21-13-5-9-17-25(21)32(2)26-18-10-6-14-22(26)28/h3-18H,1-2H3. The minimum atomic E-state index is 0.899. The molecule has 154 valence electrons. The van der Waals surface area contributed by atoms with E-state index in [1.807, 2.05) is 0 Å². The zero-order chi connectivity index (χ0) is 21.7. The van der Waals surface area contributed by atoms with E-state index in [0.29, 0.717) is 0 Å². The van der Waals surface area contributed by atoms with Gasteiger partial charge in [-0.3, -0.25) is 0 Å². The summed E-state index contributed by atoms with van der Waals surface area (Å²) in [6.45, 7) is 0. The van der Waals surface area contributed by atoms with Crippen molar-refractivity contribution < 1.29 is 0 Å². The van der Waals surface area contributed by atoms with Crippen LogP contribution in [0, 0.1) is 0 Å². The molecule has 4 nitrogen and oxygen atoms in total. The third kappa shape index (κ3) is 2.70. The number of pyridine rings is 2. The number of rotatable bonds is 1. The van der Waals surface area contributed by atoms with Crippen LogP contribution in [0.4, 0.5) is 0 Å². The van der Waals surface area contributed by atoms with E-state index in [0.717, 1.165) is 54.3 Å². The Bertz CT molecular complexity index is 1550. The van der Waals surface area contributed by atoms with E-state index in [1.54, 1.807) is 0 Å². The highest BCUT2D eigenvalue weighted by atomic mass is 15.2. The molecule has 0 atom stereocenters. The van der Waals surface area contributed by atoms with E-state index < -0.39 is 0 Å². The van der Waals surface area contributed by atoms with Crippen molar-refractivity contribution in [1.29, 1.82) is 0 Å². The Balaban J connectivity index is 1.83. The molecule has 0 unspecified atom stereocenters. The van der Waals surface area contributed by atoms with Gasteiger partial charge < -0.3 is 9.13 Å². The Kier molecular flexibility index (Phi) is 4.18. The number of nitrogens with zero attached hydrogens (tertiary/aromatic N) is 4. The molecule has 0 radical (unpaired) electrons. The van der Waals surface area contributed by atoms with Gasteiger partial charge >= 0.3 is 0 Å². The van der Waals surface area contributed by atoms with E-state index in [-0.39, 0.29) is 0 Å². The predicted molar refractivity (Wildman–Crippen MR) is 132 cm³/mol. The second kappa shape index (κ2) is 7.20. The number of benzene rings is 4. The van der Waals surface area contributed by atoms with Crippen LogP contribution in [0.3, 0.4) is 0 Å². The monoisotopic (exact) mass is 414 g/mol. The third-order valence-electron chi connectivity index (χ3n) is 6.33. The Hall–Kier alpha value is -4.18. The number of fused-ring (bicyclic) bond motifs is 4. The van der Waals surface area contributed by atoms with Crippen LogP contribution in [0.25, 0.3) is 43.6 Å². The lowest BCUT2D eigenvalue weighted by Gasteiger charge is -2.12. The minimum Gasteiger partial charge on any atom is -0.344 e. The normalized spacial score (nSPS) is 11.4. The van der Waals surface area contributed by atoms with E-state index in [4.69, 9.17) is 10.2 Å². The number of hydrogen-bond donors (Lipinski definition) is 0. The summed E-state index contributed by atoms with van der Waals surface area (Å²) in [6.07, 6.45) is 0. The van der Waals surface area contributed by atoms with Crippen LogP contribution >= 0.6 is 0 Å². The first kappa shape index (κ1) is 18.6. The molecule has 32 heavy (non-hydrogen) atoms. The largest absolute Gasteiger partial charge is 0.344 e. The van der Waals surface area contributed by atoms with E-state index in [1.165, 1.54) is 0 Å². The van der Waals surface area contributed by atoms with Crippen LogP contribution in [0.5, 0.6) is 0 Å². The second-order valence-corrected chi connectivity index (χ2v) is 8.08. The second-order valence-electron chi connectivity index (χ2n) is 8.08. The molecular formula is C28H22N4. The van der Waals surface area contributed by atoms with Crippen LogP contribution in [-0.2, 0) is 14.1 Å². The third-order valence-corrected chi connectivity index (χ3v) is 6.33. The molecule has 6 rings (SSSR count). The van der Waals surface area contributed by atoms with Crippen LogP contribution in [0.1, 0.15) is 0 Å². The topological polar surface area (TPSA) is 34.6 Å². The van der Waals surface area contributed by atoms with Gasteiger partial charge in [-0.15, -0.1) is 10.2 Å². The van der Waals surface area contributed by atoms with Gasteiger partial charge in [0.1, 0.15) is 10.7 Å². The summed E-state index contributed by atoms with van der Waals surface area (Å²) in [7, 11) is 4.20. The number of para-hydroxylation sites is 4. The van der Waals surface area contributed by atoms with Crippen LogP contribution in [0.15, 0.2) is 107 Å².